The van der Waals surface area contributed by atoms with E-state index in [1.807, 2.05) is 0 Å². The van der Waals surface area contributed by atoms with Crippen LogP contribution in [0.25, 0.3) is 0 Å². The molecule has 9 heteroatoms. The van der Waals surface area contributed by atoms with Gasteiger partial charge in [0.1, 0.15) is 5.56 Å². The first kappa shape index (κ1) is 17.6. The van der Waals surface area contributed by atoms with Crippen molar-refractivity contribution >= 4 is 17.5 Å². The van der Waals surface area contributed by atoms with Gasteiger partial charge in [0.2, 0.25) is 5.82 Å². The average Bonchev–Trinajstić information content (AvgIpc) is 2.44. The van der Waals surface area contributed by atoms with Crippen LogP contribution in [0.5, 0.6) is 0 Å². The second-order valence-corrected chi connectivity index (χ2v) is 4.43. The molecule has 1 aromatic carbocycles. The molecule has 0 aliphatic carbocycles. The van der Waals surface area contributed by atoms with E-state index in [1.165, 1.54) is 7.11 Å². The number of ether oxygens (including phenoxy) is 1. The number of alkyl halides is 1. The number of carbonyl (C=O) groups excluding carboxylic acids is 1. The number of hydrogen-bond acceptors (Lipinski definition) is 2. The molecular formula is C12H11ClF5NO2. The van der Waals surface area contributed by atoms with Crippen LogP contribution >= 0.6 is 11.6 Å². The Bertz CT molecular complexity index is 506. The summed E-state index contributed by atoms with van der Waals surface area (Å²) in [6.07, 6.45) is 0.191. The van der Waals surface area contributed by atoms with Crippen molar-refractivity contribution in [2.45, 2.75) is 12.5 Å². The van der Waals surface area contributed by atoms with Gasteiger partial charge >= 0.3 is 0 Å². The first-order valence-electron chi connectivity index (χ1n) is 5.72. The van der Waals surface area contributed by atoms with Gasteiger partial charge in [0, 0.05) is 13.0 Å². The van der Waals surface area contributed by atoms with Crippen LogP contribution in [0.3, 0.4) is 0 Å². The molecule has 21 heavy (non-hydrogen) atoms. The quantitative estimate of drug-likeness (QED) is 0.377. The smallest absolute Gasteiger partial charge is 0.257 e. The van der Waals surface area contributed by atoms with Gasteiger partial charge in [-0.2, -0.15) is 0 Å². The van der Waals surface area contributed by atoms with Crippen LogP contribution < -0.4 is 5.32 Å². The first-order valence-corrected chi connectivity index (χ1v) is 6.25. The maximum atomic E-state index is 13.4. The number of rotatable bonds is 6. The van der Waals surface area contributed by atoms with E-state index < -0.39 is 46.6 Å². The van der Waals surface area contributed by atoms with E-state index in [0.717, 1.165) is 0 Å². The molecule has 1 atom stereocenters. The lowest BCUT2D eigenvalue weighted by Crippen LogP contribution is -2.39. The normalized spacial score (nSPS) is 12.3. The van der Waals surface area contributed by atoms with Crippen molar-refractivity contribution < 1.29 is 31.5 Å². The summed E-state index contributed by atoms with van der Waals surface area (Å²) < 4.78 is 70.5. The Morgan fingerprint density at radius 1 is 1.10 bits per heavy atom. The minimum absolute atomic E-state index is 0.0339. The summed E-state index contributed by atoms with van der Waals surface area (Å²) in [4.78, 5) is 11.7. The highest BCUT2D eigenvalue weighted by atomic mass is 35.5. The molecule has 1 amide bonds. The zero-order valence-corrected chi connectivity index (χ0v) is 11.5. The molecule has 1 N–H and O–H groups in total. The van der Waals surface area contributed by atoms with Gasteiger partial charge in [0.25, 0.3) is 5.91 Å². The Morgan fingerprint density at radius 3 is 2.00 bits per heavy atom. The van der Waals surface area contributed by atoms with E-state index in [0.29, 0.717) is 0 Å². The van der Waals surface area contributed by atoms with E-state index >= 15 is 0 Å². The summed E-state index contributed by atoms with van der Waals surface area (Å²) in [6, 6.07) is -0.727. The fourth-order valence-corrected chi connectivity index (χ4v) is 1.86. The molecule has 0 fully saturated rings. The number of carbonyl (C=O) groups is 1. The maximum absolute atomic E-state index is 13.4. The number of benzene rings is 1. The molecule has 1 unspecified atom stereocenters. The van der Waals surface area contributed by atoms with Crippen molar-refractivity contribution in [3.8, 4) is 0 Å². The molecule has 0 saturated carbocycles. The van der Waals surface area contributed by atoms with Crippen LogP contribution in [0.1, 0.15) is 16.8 Å². The van der Waals surface area contributed by atoms with Crippen molar-refractivity contribution in [3.63, 3.8) is 0 Å². The fourth-order valence-electron chi connectivity index (χ4n) is 1.59. The van der Waals surface area contributed by atoms with Crippen LogP contribution in [0.4, 0.5) is 22.0 Å². The summed E-state index contributed by atoms with van der Waals surface area (Å²) >= 11 is 5.47. The van der Waals surface area contributed by atoms with E-state index in [-0.39, 0.29) is 18.9 Å². The Labute approximate surface area is 122 Å². The molecular weight excluding hydrogens is 321 g/mol. The molecule has 0 aliphatic rings. The van der Waals surface area contributed by atoms with Crippen molar-refractivity contribution in [2.24, 2.45) is 0 Å². The standard InChI is InChI=1S/C12H11ClF5NO2/c1-21-4-5(2-3-13)19-12(20)6-7(14)9(16)11(18)10(17)8(6)15/h5H,2-4H2,1H3,(H,19,20). The predicted octanol–water partition coefficient (Wildman–Crippen LogP) is 2.76. The van der Waals surface area contributed by atoms with Gasteiger partial charge in [-0.25, -0.2) is 22.0 Å². The van der Waals surface area contributed by atoms with Crippen LogP contribution in [0.2, 0.25) is 0 Å². The zero-order valence-electron chi connectivity index (χ0n) is 10.8. The topological polar surface area (TPSA) is 38.3 Å². The zero-order chi connectivity index (χ0) is 16.2. The fraction of sp³-hybridized carbons (Fsp3) is 0.417. The molecule has 0 saturated heterocycles. The summed E-state index contributed by atoms with van der Waals surface area (Å²) in [5, 5.41) is 2.11. The molecule has 0 aromatic heterocycles. The predicted molar refractivity (Wildman–Crippen MR) is 64.7 cm³/mol. The van der Waals surface area contributed by atoms with Crippen molar-refractivity contribution in [1.29, 1.82) is 0 Å². The van der Waals surface area contributed by atoms with E-state index in [9.17, 15) is 26.7 Å². The molecule has 0 bridgehead atoms. The lowest BCUT2D eigenvalue weighted by Gasteiger charge is -2.17. The SMILES string of the molecule is COCC(CCCl)NC(=O)c1c(F)c(F)c(F)c(F)c1F. The third-order valence-corrected chi connectivity index (χ3v) is 2.82. The highest BCUT2D eigenvalue weighted by molar-refractivity contribution is 6.17. The Kier molecular flexibility index (Phi) is 6.35. The minimum atomic E-state index is -2.32. The molecule has 118 valence electrons. The Hall–Kier alpha value is -1.41. The number of halogens is 6. The molecule has 1 aromatic rings. The van der Waals surface area contributed by atoms with Crippen LogP contribution in [-0.2, 0) is 4.74 Å². The summed E-state index contributed by atoms with van der Waals surface area (Å²) in [6.45, 7) is -0.0339. The van der Waals surface area contributed by atoms with E-state index in [4.69, 9.17) is 16.3 Å². The van der Waals surface area contributed by atoms with Gasteiger partial charge in [-0.3, -0.25) is 4.79 Å². The van der Waals surface area contributed by atoms with Crippen LogP contribution in [0, 0.1) is 29.1 Å². The lowest BCUT2D eigenvalue weighted by molar-refractivity contribution is 0.0883. The van der Waals surface area contributed by atoms with Gasteiger partial charge in [-0.05, 0) is 6.42 Å². The second kappa shape index (κ2) is 7.56. The van der Waals surface area contributed by atoms with Gasteiger partial charge in [-0.15, -0.1) is 11.6 Å². The number of hydrogen-bond donors (Lipinski definition) is 1. The molecule has 0 radical (unpaired) electrons. The largest absolute Gasteiger partial charge is 0.383 e. The Balaban J connectivity index is 3.13. The summed E-state index contributed by atoms with van der Waals surface area (Å²) in [5.74, 6) is -12.4. The second-order valence-electron chi connectivity index (χ2n) is 4.05. The van der Waals surface area contributed by atoms with Gasteiger partial charge in [0.15, 0.2) is 23.3 Å². The molecule has 3 nitrogen and oxygen atoms in total. The first-order chi connectivity index (χ1) is 9.84. The third kappa shape index (κ3) is 3.82. The monoisotopic (exact) mass is 331 g/mol. The number of nitrogens with one attached hydrogen (secondary N) is 1. The Morgan fingerprint density at radius 2 is 1.57 bits per heavy atom. The van der Waals surface area contributed by atoms with E-state index in [1.54, 1.807) is 0 Å². The highest BCUT2D eigenvalue weighted by Gasteiger charge is 2.30. The number of methoxy groups -OCH3 is 1. The summed E-state index contributed by atoms with van der Waals surface area (Å²) in [7, 11) is 1.31. The summed E-state index contributed by atoms with van der Waals surface area (Å²) in [5.41, 5.74) is -1.54. The molecule has 0 heterocycles. The minimum Gasteiger partial charge on any atom is -0.383 e. The van der Waals surface area contributed by atoms with Crippen molar-refractivity contribution in [3.05, 3.63) is 34.6 Å². The lowest BCUT2D eigenvalue weighted by atomic mass is 10.1. The molecule has 1 rings (SSSR count). The molecule has 0 spiro atoms. The van der Waals surface area contributed by atoms with Gasteiger partial charge in [0.05, 0.1) is 12.6 Å². The highest BCUT2D eigenvalue weighted by Crippen LogP contribution is 2.23. The molecule has 0 aliphatic heterocycles. The average molecular weight is 332 g/mol. The van der Waals surface area contributed by atoms with Crippen LogP contribution in [0.15, 0.2) is 0 Å². The van der Waals surface area contributed by atoms with Crippen LogP contribution in [-0.4, -0.2) is 31.5 Å². The third-order valence-electron chi connectivity index (χ3n) is 2.60. The van der Waals surface area contributed by atoms with Gasteiger partial charge in [-0.1, -0.05) is 0 Å². The van der Waals surface area contributed by atoms with Gasteiger partial charge < -0.3 is 10.1 Å². The maximum Gasteiger partial charge on any atom is 0.257 e. The number of amides is 1. The van der Waals surface area contributed by atoms with E-state index in [2.05, 4.69) is 5.32 Å². The van der Waals surface area contributed by atoms with Crippen molar-refractivity contribution in [2.75, 3.05) is 19.6 Å². The van der Waals surface area contributed by atoms with Crippen molar-refractivity contribution in [1.82, 2.24) is 5.32 Å².